The molecule has 2 aromatic rings. The minimum Gasteiger partial charge on any atom is -0.0795 e. The smallest absolute Gasteiger partial charge is 0.00882 e. The number of hydrogen-bond acceptors (Lipinski definition) is 0. The second-order valence-corrected chi connectivity index (χ2v) is 3.89. The van der Waals surface area contributed by atoms with Crippen molar-refractivity contribution in [2.75, 3.05) is 0 Å². The van der Waals surface area contributed by atoms with E-state index in [1.807, 2.05) is 0 Å². The molecule has 0 aromatic heterocycles. The van der Waals surface area contributed by atoms with Gasteiger partial charge in [-0.1, -0.05) is 54.6 Å². The van der Waals surface area contributed by atoms with Crippen LogP contribution in [-0.2, 0) is 6.42 Å². The van der Waals surface area contributed by atoms with E-state index < -0.39 is 0 Å². The first-order valence-electron chi connectivity index (χ1n) is 5.28. The number of benzene rings is 2. The van der Waals surface area contributed by atoms with Crippen molar-refractivity contribution >= 4 is 6.08 Å². The largest absolute Gasteiger partial charge is 0.0795 e. The molecule has 0 unspecified atom stereocenters. The normalized spacial score (nSPS) is 12.8. The van der Waals surface area contributed by atoms with E-state index in [0.717, 1.165) is 6.42 Å². The van der Waals surface area contributed by atoms with E-state index in [1.165, 1.54) is 22.3 Å². The van der Waals surface area contributed by atoms with Gasteiger partial charge in [-0.3, -0.25) is 0 Å². The number of fused-ring (bicyclic) bond motifs is 1. The van der Waals surface area contributed by atoms with E-state index in [-0.39, 0.29) is 0 Å². The average molecular weight is 192 g/mol. The molecular weight excluding hydrogens is 180 g/mol. The van der Waals surface area contributed by atoms with Gasteiger partial charge >= 0.3 is 0 Å². The van der Waals surface area contributed by atoms with Crippen LogP contribution in [0.3, 0.4) is 0 Å². The third-order valence-electron chi connectivity index (χ3n) is 2.89. The fraction of sp³-hybridized carbons (Fsp3) is 0.0667. The van der Waals surface area contributed by atoms with Crippen LogP contribution in [-0.4, -0.2) is 0 Å². The van der Waals surface area contributed by atoms with E-state index in [9.17, 15) is 0 Å². The molecule has 15 heavy (non-hydrogen) atoms. The van der Waals surface area contributed by atoms with E-state index in [4.69, 9.17) is 0 Å². The highest BCUT2D eigenvalue weighted by atomic mass is 14.1. The quantitative estimate of drug-likeness (QED) is 0.642. The van der Waals surface area contributed by atoms with Gasteiger partial charge in [-0.05, 0) is 34.7 Å². The zero-order valence-electron chi connectivity index (χ0n) is 8.48. The van der Waals surface area contributed by atoms with Crippen molar-refractivity contribution in [2.24, 2.45) is 0 Å². The van der Waals surface area contributed by atoms with Crippen molar-refractivity contribution in [3.8, 4) is 11.1 Å². The number of hydrogen-bond donors (Lipinski definition) is 0. The monoisotopic (exact) mass is 192 g/mol. The third-order valence-corrected chi connectivity index (χ3v) is 2.89. The third kappa shape index (κ3) is 1.48. The van der Waals surface area contributed by atoms with E-state index in [1.54, 1.807) is 0 Å². The Kier molecular flexibility index (Phi) is 1.92. The summed E-state index contributed by atoms with van der Waals surface area (Å²) in [4.78, 5) is 0. The molecular formula is C15H12. The molecule has 1 aliphatic carbocycles. The van der Waals surface area contributed by atoms with Crippen molar-refractivity contribution in [2.45, 2.75) is 6.42 Å². The summed E-state index contributed by atoms with van der Waals surface area (Å²) in [6.07, 6.45) is 5.52. The Labute approximate surface area is 89.9 Å². The van der Waals surface area contributed by atoms with Crippen LogP contribution in [0.15, 0.2) is 54.6 Å². The molecule has 2 aromatic carbocycles. The average Bonchev–Trinajstić information content (AvgIpc) is 2.77. The highest BCUT2D eigenvalue weighted by Crippen LogP contribution is 2.26. The first kappa shape index (κ1) is 8.49. The summed E-state index contributed by atoms with van der Waals surface area (Å²) < 4.78 is 0. The van der Waals surface area contributed by atoms with Crippen molar-refractivity contribution < 1.29 is 0 Å². The molecule has 3 rings (SSSR count). The Balaban J connectivity index is 2.11. The first-order chi connectivity index (χ1) is 7.43. The Morgan fingerprint density at radius 1 is 0.800 bits per heavy atom. The van der Waals surface area contributed by atoms with Gasteiger partial charge in [-0.2, -0.15) is 0 Å². The number of allylic oxidation sites excluding steroid dienone is 1. The minimum absolute atomic E-state index is 1.09. The van der Waals surface area contributed by atoms with E-state index in [0.29, 0.717) is 0 Å². The molecule has 0 saturated carbocycles. The second-order valence-electron chi connectivity index (χ2n) is 3.89. The van der Waals surface area contributed by atoms with Crippen molar-refractivity contribution in [3.05, 3.63) is 65.7 Å². The molecule has 0 spiro atoms. The highest BCUT2D eigenvalue weighted by molar-refractivity contribution is 5.71. The van der Waals surface area contributed by atoms with Crippen molar-refractivity contribution in [1.82, 2.24) is 0 Å². The lowest BCUT2D eigenvalue weighted by Gasteiger charge is -2.04. The maximum atomic E-state index is 2.27. The van der Waals surface area contributed by atoms with E-state index in [2.05, 4.69) is 60.7 Å². The molecule has 0 aliphatic heterocycles. The fourth-order valence-electron chi connectivity index (χ4n) is 2.06. The maximum Gasteiger partial charge on any atom is -0.00882 e. The summed E-state index contributed by atoms with van der Waals surface area (Å²) in [5.74, 6) is 0. The molecule has 0 heteroatoms. The van der Waals surface area contributed by atoms with Gasteiger partial charge in [0.1, 0.15) is 0 Å². The predicted octanol–water partition coefficient (Wildman–Crippen LogP) is 3.92. The summed E-state index contributed by atoms with van der Waals surface area (Å²) in [5, 5.41) is 0. The summed E-state index contributed by atoms with van der Waals surface area (Å²) in [7, 11) is 0. The van der Waals surface area contributed by atoms with Crippen LogP contribution in [0.25, 0.3) is 17.2 Å². The summed E-state index contributed by atoms with van der Waals surface area (Å²) in [5.41, 5.74) is 5.41. The fourth-order valence-corrected chi connectivity index (χ4v) is 2.06. The predicted molar refractivity (Wildman–Crippen MR) is 64.6 cm³/mol. The molecule has 0 bridgehead atoms. The van der Waals surface area contributed by atoms with Crippen LogP contribution in [0.4, 0.5) is 0 Å². The van der Waals surface area contributed by atoms with Gasteiger partial charge in [-0.15, -0.1) is 0 Å². The molecule has 72 valence electrons. The molecule has 0 radical (unpaired) electrons. The van der Waals surface area contributed by atoms with Gasteiger partial charge in [0.05, 0.1) is 0 Å². The lowest BCUT2D eigenvalue weighted by molar-refractivity contribution is 1.31. The lowest BCUT2D eigenvalue weighted by atomic mass is 10.0. The molecule has 0 N–H and O–H groups in total. The zero-order valence-corrected chi connectivity index (χ0v) is 8.48. The maximum absolute atomic E-state index is 2.27. The molecule has 1 aliphatic rings. The van der Waals surface area contributed by atoms with Gasteiger partial charge < -0.3 is 0 Å². The molecule has 0 atom stereocenters. The SMILES string of the molecule is C1=Cc2cc(-c3ccccc3)ccc2C1. The van der Waals surface area contributed by atoms with Crippen LogP contribution in [0.5, 0.6) is 0 Å². The van der Waals surface area contributed by atoms with Crippen LogP contribution in [0.2, 0.25) is 0 Å². The van der Waals surface area contributed by atoms with Gasteiger partial charge in [0.25, 0.3) is 0 Å². The van der Waals surface area contributed by atoms with Crippen LogP contribution >= 0.6 is 0 Å². The molecule has 0 amide bonds. The summed E-state index contributed by atoms with van der Waals surface area (Å²) >= 11 is 0. The molecule has 0 fully saturated rings. The van der Waals surface area contributed by atoms with Gasteiger partial charge in [0.2, 0.25) is 0 Å². The standard InChI is InChI=1S/C15H12/c1-2-5-12(6-3-1)15-10-9-13-7-4-8-14(13)11-15/h1-6,8-11H,7H2. The van der Waals surface area contributed by atoms with E-state index >= 15 is 0 Å². The van der Waals surface area contributed by atoms with Crippen LogP contribution in [0.1, 0.15) is 11.1 Å². The van der Waals surface area contributed by atoms with Crippen LogP contribution in [0, 0.1) is 0 Å². The summed E-state index contributed by atoms with van der Waals surface area (Å²) in [6.45, 7) is 0. The van der Waals surface area contributed by atoms with Gasteiger partial charge in [0.15, 0.2) is 0 Å². The highest BCUT2D eigenvalue weighted by Gasteiger charge is 2.05. The van der Waals surface area contributed by atoms with Gasteiger partial charge in [-0.25, -0.2) is 0 Å². The molecule has 0 nitrogen and oxygen atoms in total. The van der Waals surface area contributed by atoms with Crippen molar-refractivity contribution in [3.63, 3.8) is 0 Å². The molecule has 0 heterocycles. The minimum atomic E-state index is 1.09. The Bertz CT molecular complexity index is 507. The van der Waals surface area contributed by atoms with Gasteiger partial charge in [0, 0.05) is 0 Å². The Hall–Kier alpha value is -1.82. The topological polar surface area (TPSA) is 0 Å². The number of rotatable bonds is 1. The summed E-state index contributed by atoms with van der Waals surface area (Å²) in [6, 6.07) is 17.2. The van der Waals surface area contributed by atoms with Crippen LogP contribution < -0.4 is 0 Å². The Morgan fingerprint density at radius 2 is 1.67 bits per heavy atom. The van der Waals surface area contributed by atoms with Crippen molar-refractivity contribution in [1.29, 1.82) is 0 Å². The second kappa shape index (κ2) is 3.39. The zero-order chi connectivity index (χ0) is 10.1. The Morgan fingerprint density at radius 3 is 2.53 bits per heavy atom. The molecule has 0 saturated heterocycles. The lowest BCUT2D eigenvalue weighted by Crippen LogP contribution is -1.83. The first-order valence-corrected chi connectivity index (χ1v) is 5.28.